The van der Waals surface area contributed by atoms with Crippen LogP contribution in [0.25, 0.3) is 0 Å². The van der Waals surface area contributed by atoms with Crippen LogP contribution in [0.2, 0.25) is 0 Å². The van der Waals surface area contributed by atoms with E-state index in [1.54, 1.807) is 0 Å². The number of hydrogen-bond acceptors (Lipinski definition) is 5. The average molecular weight is 307 g/mol. The third-order valence-corrected chi connectivity index (χ3v) is 5.50. The summed E-state index contributed by atoms with van der Waals surface area (Å²) in [5, 5.41) is -0.702. The van der Waals surface area contributed by atoms with Crippen LogP contribution in [0.3, 0.4) is 0 Å². The average Bonchev–Trinajstić information content (AvgIpc) is 2.86. The molecule has 6 nitrogen and oxygen atoms in total. The fraction of sp³-hybridized carbons (Fsp3) is 0.923. The molecule has 0 amide bonds. The van der Waals surface area contributed by atoms with Crippen LogP contribution < -0.4 is 4.72 Å². The summed E-state index contributed by atoms with van der Waals surface area (Å²) in [7, 11) is -2.26. The molecule has 0 saturated heterocycles. The van der Waals surface area contributed by atoms with Gasteiger partial charge in [0.1, 0.15) is 0 Å². The molecule has 0 spiro atoms. The number of sulfonamides is 1. The first-order valence-electron chi connectivity index (χ1n) is 6.94. The molecular formula is C13H25NO5S. The van der Waals surface area contributed by atoms with Crippen molar-refractivity contribution in [3.05, 3.63) is 0 Å². The van der Waals surface area contributed by atoms with E-state index in [0.29, 0.717) is 19.4 Å². The molecule has 0 heterocycles. The van der Waals surface area contributed by atoms with Crippen molar-refractivity contribution in [2.24, 2.45) is 5.92 Å². The number of hydrogen-bond donors (Lipinski definition) is 1. The Bertz CT molecular complexity index is 432. The molecule has 0 radical (unpaired) electrons. The molecular weight excluding hydrogens is 282 g/mol. The van der Waals surface area contributed by atoms with Crippen LogP contribution in [0, 0.1) is 5.92 Å². The van der Waals surface area contributed by atoms with Crippen LogP contribution in [0.1, 0.15) is 40.0 Å². The number of carbonyl (C=O) groups is 1. The maximum absolute atomic E-state index is 12.3. The number of methoxy groups -OCH3 is 1. The van der Waals surface area contributed by atoms with E-state index in [0.717, 1.165) is 6.42 Å². The van der Waals surface area contributed by atoms with Gasteiger partial charge >= 0.3 is 5.97 Å². The lowest BCUT2D eigenvalue weighted by atomic mass is 10.1. The van der Waals surface area contributed by atoms with Crippen molar-refractivity contribution in [3.63, 3.8) is 0 Å². The summed E-state index contributed by atoms with van der Waals surface area (Å²) in [6.07, 6.45) is 1.78. The lowest BCUT2D eigenvalue weighted by molar-refractivity contribution is -0.145. The number of esters is 1. The van der Waals surface area contributed by atoms with Gasteiger partial charge in [-0.1, -0.05) is 6.42 Å². The Morgan fingerprint density at radius 1 is 1.35 bits per heavy atom. The maximum Gasteiger partial charge on any atom is 0.310 e. The van der Waals surface area contributed by atoms with Gasteiger partial charge in [-0.25, -0.2) is 13.1 Å². The van der Waals surface area contributed by atoms with Crippen LogP contribution in [0.4, 0.5) is 0 Å². The van der Waals surface area contributed by atoms with Crippen LogP contribution in [0.5, 0.6) is 0 Å². The maximum atomic E-state index is 12.3. The van der Waals surface area contributed by atoms with Crippen molar-refractivity contribution in [2.75, 3.05) is 20.3 Å². The highest BCUT2D eigenvalue weighted by molar-refractivity contribution is 7.90. The molecule has 0 aromatic carbocycles. The van der Waals surface area contributed by atoms with Crippen LogP contribution in [0.15, 0.2) is 0 Å². The van der Waals surface area contributed by atoms with E-state index in [1.165, 1.54) is 7.11 Å². The highest BCUT2D eigenvalue weighted by Gasteiger charge is 2.42. The highest BCUT2D eigenvalue weighted by Crippen LogP contribution is 2.31. The third-order valence-electron chi connectivity index (χ3n) is 3.59. The van der Waals surface area contributed by atoms with Gasteiger partial charge in [-0.2, -0.15) is 0 Å². The molecule has 2 atom stereocenters. The summed E-state index contributed by atoms with van der Waals surface area (Å²) in [6, 6.07) is 0. The zero-order valence-corrected chi connectivity index (χ0v) is 13.5. The van der Waals surface area contributed by atoms with E-state index >= 15 is 0 Å². The largest absolute Gasteiger partial charge is 0.469 e. The first kappa shape index (κ1) is 17.4. The predicted octanol–water partition coefficient (Wildman–Crippen LogP) is 1.06. The molecule has 118 valence electrons. The lowest BCUT2D eigenvalue weighted by Crippen LogP contribution is -2.45. The molecule has 1 saturated carbocycles. The summed E-state index contributed by atoms with van der Waals surface area (Å²) >= 11 is 0. The van der Waals surface area contributed by atoms with Gasteiger partial charge in [0.05, 0.1) is 23.9 Å². The van der Waals surface area contributed by atoms with Gasteiger partial charge in [0.15, 0.2) is 0 Å². The van der Waals surface area contributed by atoms with Crippen LogP contribution in [-0.4, -0.2) is 45.5 Å². The number of nitrogens with one attached hydrogen (secondary N) is 1. The highest BCUT2D eigenvalue weighted by atomic mass is 32.2. The van der Waals surface area contributed by atoms with Crippen molar-refractivity contribution in [2.45, 2.75) is 50.9 Å². The minimum Gasteiger partial charge on any atom is -0.469 e. The fourth-order valence-corrected chi connectivity index (χ4v) is 4.46. The Morgan fingerprint density at radius 3 is 2.55 bits per heavy atom. The zero-order chi connectivity index (χ0) is 15.4. The summed E-state index contributed by atoms with van der Waals surface area (Å²) in [5.41, 5.74) is -0.568. The monoisotopic (exact) mass is 307 g/mol. The van der Waals surface area contributed by atoms with Gasteiger partial charge in [-0.15, -0.1) is 0 Å². The van der Waals surface area contributed by atoms with Gasteiger partial charge in [-0.3, -0.25) is 4.79 Å². The number of ether oxygens (including phenoxy) is 2. The van der Waals surface area contributed by atoms with Crippen molar-refractivity contribution in [3.8, 4) is 0 Å². The molecule has 0 aromatic heterocycles. The van der Waals surface area contributed by atoms with Gasteiger partial charge in [0, 0.05) is 13.2 Å². The predicted molar refractivity (Wildman–Crippen MR) is 75.8 cm³/mol. The second-order valence-electron chi connectivity index (χ2n) is 5.66. The number of rotatable bonds is 7. The first-order chi connectivity index (χ1) is 9.23. The molecule has 2 unspecified atom stereocenters. The molecule has 20 heavy (non-hydrogen) atoms. The van der Waals surface area contributed by atoms with Crippen molar-refractivity contribution >= 4 is 16.0 Å². The van der Waals surface area contributed by atoms with Crippen molar-refractivity contribution in [1.29, 1.82) is 0 Å². The summed E-state index contributed by atoms with van der Waals surface area (Å²) < 4.78 is 37.4. The van der Waals surface area contributed by atoms with Gasteiger partial charge in [0.25, 0.3) is 0 Å². The van der Waals surface area contributed by atoms with Gasteiger partial charge < -0.3 is 9.47 Å². The van der Waals surface area contributed by atoms with E-state index in [1.807, 2.05) is 20.8 Å². The molecule has 7 heteroatoms. The standard InChI is InChI=1S/C13H25NO5S/c1-5-19-13(2,3)9-14-20(16,17)11-8-6-7-10(11)12(15)18-4/h10-11,14H,5-9H2,1-4H3. The molecule has 1 fully saturated rings. The van der Waals surface area contributed by atoms with Gasteiger partial charge in [-0.05, 0) is 33.6 Å². The fourth-order valence-electron chi connectivity index (χ4n) is 2.54. The Kier molecular flexibility index (Phi) is 5.97. The van der Waals surface area contributed by atoms with Crippen LogP contribution in [-0.2, 0) is 24.3 Å². The Balaban J connectivity index is 2.71. The summed E-state index contributed by atoms with van der Waals surface area (Å²) in [6.45, 7) is 6.22. The Morgan fingerprint density at radius 2 is 2.00 bits per heavy atom. The normalized spacial score (nSPS) is 23.8. The van der Waals surface area contributed by atoms with Gasteiger partial charge in [0.2, 0.25) is 10.0 Å². The van der Waals surface area contributed by atoms with E-state index in [2.05, 4.69) is 9.46 Å². The molecule has 0 aliphatic heterocycles. The molecule has 1 aliphatic rings. The zero-order valence-electron chi connectivity index (χ0n) is 12.6. The molecule has 0 bridgehead atoms. The molecule has 0 aromatic rings. The minimum atomic E-state index is -3.55. The first-order valence-corrected chi connectivity index (χ1v) is 8.48. The lowest BCUT2D eigenvalue weighted by Gasteiger charge is -2.26. The topological polar surface area (TPSA) is 81.7 Å². The Labute approximate surface area is 121 Å². The number of carbonyl (C=O) groups excluding carboxylic acids is 1. The molecule has 1 N–H and O–H groups in total. The van der Waals surface area contributed by atoms with E-state index in [4.69, 9.17) is 4.74 Å². The SMILES string of the molecule is CCOC(C)(C)CNS(=O)(=O)C1CCCC1C(=O)OC. The van der Waals surface area contributed by atoms with Crippen LogP contribution >= 0.6 is 0 Å². The van der Waals surface area contributed by atoms with Crippen molar-refractivity contribution in [1.82, 2.24) is 4.72 Å². The second-order valence-corrected chi connectivity index (χ2v) is 7.64. The molecule has 1 rings (SSSR count). The summed E-state index contributed by atoms with van der Waals surface area (Å²) in [5.74, 6) is -1.00. The smallest absolute Gasteiger partial charge is 0.310 e. The van der Waals surface area contributed by atoms with Crippen molar-refractivity contribution < 1.29 is 22.7 Å². The quantitative estimate of drug-likeness (QED) is 0.711. The minimum absolute atomic E-state index is 0.188. The summed E-state index contributed by atoms with van der Waals surface area (Å²) in [4.78, 5) is 11.6. The van der Waals surface area contributed by atoms with E-state index in [-0.39, 0.29) is 6.54 Å². The van der Waals surface area contributed by atoms with E-state index < -0.39 is 32.8 Å². The second kappa shape index (κ2) is 6.87. The Hall–Kier alpha value is -0.660. The third kappa shape index (κ3) is 4.43. The van der Waals surface area contributed by atoms with E-state index in [9.17, 15) is 13.2 Å². The molecule has 1 aliphatic carbocycles.